The molecule has 3 saturated heterocycles. The molecular weight excluding hydrogens is 310 g/mol. The highest BCUT2D eigenvalue weighted by atomic mass is 16.2. The van der Waals surface area contributed by atoms with E-state index in [1.165, 1.54) is 18.4 Å². The van der Waals surface area contributed by atoms with E-state index in [1.54, 1.807) is 0 Å². The second-order valence-electron chi connectivity index (χ2n) is 7.39. The van der Waals surface area contributed by atoms with E-state index >= 15 is 0 Å². The van der Waals surface area contributed by atoms with Crippen molar-refractivity contribution in [3.05, 3.63) is 65.5 Å². The lowest BCUT2D eigenvalue weighted by atomic mass is 9.94. The van der Waals surface area contributed by atoms with Crippen LogP contribution in [0.25, 0.3) is 0 Å². The number of hydrogen-bond donors (Lipinski definition) is 0. The molecule has 0 aliphatic carbocycles. The molecule has 0 saturated carbocycles. The first-order valence-electron chi connectivity index (χ1n) is 9.20. The number of fused-ring (bicyclic) bond motifs is 4. The van der Waals surface area contributed by atoms with Gasteiger partial charge in [0.25, 0.3) is 5.91 Å². The number of aryl methyl sites for hydroxylation is 1. The van der Waals surface area contributed by atoms with Gasteiger partial charge in [0.05, 0.1) is 0 Å². The van der Waals surface area contributed by atoms with Crippen LogP contribution in [0.3, 0.4) is 0 Å². The molecule has 25 heavy (non-hydrogen) atoms. The van der Waals surface area contributed by atoms with E-state index in [0.29, 0.717) is 17.7 Å². The van der Waals surface area contributed by atoms with Gasteiger partial charge in [0, 0.05) is 37.9 Å². The summed E-state index contributed by atoms with van der Waals surface area (Å²) in [4.78, 5) is 22.0. The lowest BCUT2D eigenvalue weighted by Crippen LogP contribution is -2.44. The van der Waals surface area contributed by atoms with Gasteiger partial charge in [-0.3, -0.25) is 9.69 Å². The number of aromatic nitrogens is 1. The van der Waals surface area contributed by atoms with Crippen molar-refractivity contribution >= 4 is 5.91 Å². The van der Waals surface area contributed by atoms with E-state index in [4.69, 9.17) is 0 Å². The Balaban J connectivity index is 1.50. The van der Waals surface area contributed by atoms with Gasteiger partial charge < -0.3 is 4.90 Å². The van der Waals surface area contributed by atoms with Crippen molar-refractivity contribution in [3.8, 4) is 0 Å². The molecule has 1 aromatic heterocycles. The van der Waals surface area contributed by atoms with Crippen LogP contribution in [0, 0.1) is 12.8 Å². The van der Waals surface area contributed by atoms with Crippen LogP contribution >= 0.6 is 0 Å². The Morgan fingerprint density at radius 3 is 2.68 bits per heavy atom. The van der Waals surface area contributed by atoms with Crippen LogP contribution in [-0.2, 0) is 6.54 Å². The largest absolute Gasteiger partial charge is 0.335 e. The number of nitrogens with zero attached hydrogens (tertiary/aromatic N) is 3. The molecule has 1 amide bonds. The third-order valence-corrected chi connectivity index (χ3v) is 5.45. The molecule has 4 nitrogen and oxygen atoms in total. The zero-order valence-corrected chi connectivity index (χ0v) is 14.8. The summed E-state index contributed by atoms with van der Waals surface area (Å²) in [6, 6.07) is 16.8. The molecule has 3 aliphatic rings. The minimum Gasteiger partial charge on any atom is -0.335 e. The number of carbonyl (C=O) groups excluding carboxylic acids is 1. The Bertz CT molecular complexity index is 746. The van der Waals surface area contributed by atoms with E-state index in [-0.39, 0.29) is 5.91 Å². The molecule has 2 bridgehead atoms. The van der Waals surface area contributed by atoms with E-state index in [9.17, 15) is 4.79 Å². The predicted molar refractivity (Wildman–Crippen MR) is 98.2 cm³/mol. The van der Waals surface area contributed by atoms with E-state index in [2.05, 4.69) is 40.2 Å². The zero-order chi connectivity index (χ0) is 17.2. The fraction of sp³-hybridized carbons (Fsp3) is 0.429. The number of piperidine rings is 1. The van der Waals surface area contributed by atoms with Gasteiger partial charge in [0.15, 0.2) is 0 Å². The van der Waals surface area contributed by atoms with Crippen molar-refractivity contribution in [1.29, 1.82) is 0 Å². The molecule has 0 N–H and O–H groups in total. The van der Waals surface area contributed by atoms with Gasteiger partial charge in [-0.25, -0.2) is 4.98 Å². The first-order valence-corrected chi connectivity index (χ1v) is 9.20. The molecule has 4 heteroatoms. The summed E-state index contributed by atoms with van der Waals surface area (Å²) < 4.78 is 0. The second-order valence-corrected chi connectivity index (χ2v) is 7.39. The average Bonchev–Trinajstić information content (AvgIpc) is 2.94. The summed E-state index contributed by atoms with van der Waals surface area (Å²) in [5.41, 5.74) is 2.83. The highest BCUT2D eigenvalue weighted by molar-refractivity contribution is 5.92. The zero-order valence-electron chi connectivity index (χ0n) is 14.8. The Hall–Kier alpha value is -2.20. The van der Waals surface area contributed by atoms with Gasteiger partial charge in [-0.2, -0.15) is 0 Å². The van der Waals surface area contributed by atoms with Crippen molar-refractivity contribution in [3.63, 3.8) is 0 Å². The van der Waals surface area contributed by atoms with E-state index in [0.717, 1.165) is 31.9 Å². The molecule has 2 aromatic rings. The Morgan fingerprint density at radius 1 is 1.04 bits per heavy atom. The first kappa shape index (κ1) is 16.3. The molecule has 1 aromatic carbocycles. The van der Waals surface area contributed by atoms with Gasteiger partial charge in [-0.1, -0.05) is 36.4 Å². The number of carbonyl (C=O) groups is 1. The van der Waals surface area contributed by atoms with Gasteiger partial charge in [-0.15, -0.1) is 0 Å². The van der Waals surface area contributed by atoms with Crippen LogP contribution in [0.5, 0.6) is 0 Å². The minimum absolute atomic E-state index is 0.0853. The molecule has 5 rings (SSSR count). The van der Waals surface area contributed by atoms with Crippen molar-refractivity contribution in [1.82, 2.24) is 14.8 Å². The van der Waals surface area contributed by atoms with Crippen LogP contribution in [0.1, 0.15) is 34.6 Å². The van der Waals surface area contributed by atoms with Gasteiger partial charge >= 0.3 is 0 Å². The molecule has 3 aliphatic heterocycles. The highest BCUT2D eigenvalue weighted by Gasteiger charge is 2.36. The summed E-state index contributed by atoms with van der Waals surface area (Å²) in [6.07, 6.45) is 2.41. The maximum Gasteiger partial charge on any atom is 0.272 e. The smallest absolute Gasteiger partial charge is 0.272 e. The number of pyridine rings is 1. The molecule has 0 radical (unpaired) electrons. The van der Waals surface area contributed by atoms with Gasteiger partial charge in [-0.05, 0) is 43.4 Å². The highest BCUT2D eigenvalue weighted by Crippen LogP contribution is 2.29. The van der Waals surface area contributed by atoms with Crippen LogP contribution in [0.15, 0.2) is 48.5 Å². The molecular formula is C21H25N3O. The van der Waals surface area contributed by atoms with Crippen LogP contribution in [-0.4, -0.2) is 46.4 Å². The number of hydrogen-bond acceptors (Lipinski definition) is 3. The number of amides is 1. The lowest BCUT2D eigenvalue weighted by Gasteiger charge is -2.36. The van der Waals surface area contributed by atoms with Gasteiger partial charge in [0.2, 0.25) is 0 Å². The summed E-state index contributed by atoms with van der Waals surface area (Å²) in [7, 11) is 0. The summed E-state index contributed by atoms with van der Waals surface area (Å²) in [5, 5.41) is 0. The number of benzene rings is 1. The van der Waals surface area contributed by atoms with Crippen molar-refractivity contribution in [2.24, 2.45) is 5.92 Å². The molecule has 0 unspecified atom stereocenters. The summed E-state index contributed by atoms with van der Waals surface area (Å²) >= 11 is 0. The quantitative estimate of drug-likeness (QED) is 0.865. The minimum atomic E-state index is 0.0853. The van der Waals surface area contributed by atoms with Crippen molar-refractivity contribution < 1.29 is 4.79 Å². The SMILES string of the molecule is Cc1cccc(C(=O)N2C[C@@H]3CC[C@H](C2)N(Cc2ccccc2)C3)n1. The predicted octanol–water partition coefficient (Wildman–Crippen LogP) is 3.13. The average molecular weight is 335 g/mol. The van der Waals surface area contributed by atoms with Crippen LogP contribution in [0.4, 0.5) is 0 Å². The fourth-order valence-electron chi connectivity index (χ4n) is 4.18. The van der Waals surface area contributed by atoms with Gasteiger partial charge in [0.1, 0.15) is 5.69 Å². The molecule has 0 spiro atoms. The fourth-order valence-corrected chi connectivity index (χ4v) is 4.18. The van der Waals surface area contributed by atoms with Crippen LogP contribution < -0.4 is 0 Å². The first-order chi connectivity index (χ1) is 12.2. The molecule has 4 heterocycles. The van der Waals surface area contributed by atoms with E-state index < -0.39 is 0 Å². The lowest BCUT2D eigenvalue weighted by molar-refractivity contribution is 0.0730. The topological polar surface area (TPSA) is 36.4 Å². The molecule has 3 fully saturated rings. The maximum absolute atomic E-state index is 12.9. The third kappa shape index (κ3) is 3.59. The Kier molecular flexibility index (Phi) is 4.53. The Morgan fingerprint density at radius 2 is 1.88 bits per heavy atom. The standard InChI is InChI=1S/C21H25N3O/c1-16-6-5-9-20(22-16)21(25)24-14-18-10-11-19(15-24)23(13-18)12-17-7-3-2-4-8-17/h2-9,18-19H,10-15H2,1H3/t18-,19-/m1/s1. The summed E-state index contributed by atoms with van der Waals surface area (Å²) in [5.74, 6) is 0.651. The maximum atomic E-state index is 12.9. The Labute approximate surface area is 149 Å². The second kappa shape index (κ2) is 6.96. The third-order valence-electron chi connectivity index (χ3n) is 5.45. The van der Waals surface area contributed by atoms with E-state index in [1.807, 2.05) is 30.0 Å². The summed E-state index contributed by atoms with van der Waals surface area (Å²) in [6.45, 7) is 5.68. The normalized spacial score (nSPS) is 23.5. The monoisotopic (exact) mass is 335 g/mol. The van der Waals surface area contributed by atoms with Crippen molar-refractivity contribution in [2.45, 2.75) is 32.4 Å². The van der Waals surface area contributed by atoms with Crippen molar-refractivity contribution in [2.75, 3.05) is 19.6 Å². The number of rotatable bonds is 3. The van der Waals surface area contributed by atoms with Crippen LogP contribution in [0.2, 0.25) is 0 Å². The molecule has 130 valence electrons. The molecule has 2 atom stereocenters.